The van der Waals surface area contributed by atoms with Crippen molar-refractivity contribution in [3.8, 4) is 5.75 Å². The first-order chi connectivity index (χ1) is 8.60. The fourth-order valence-corrected chi connectivity index (χ4v) is 1.82. The molecule has 1 heterocycles. The predicted octanol–water partition coefficient (Wildman–Crippen LogP) is -0.523. The Morgan fingerprint density at radius 2 is 1.89 bits per heavy atom. The first-order valence-corrected chi connectivity index (χ1v) is 5.75. The van der Waals surface area contributed by atoms with E-state index in [0.29, 0.717) is 11.4 Å². The fraction of sp³-hybridized carbons (Fsp3) is 0.500. The summed E-state index contributed by atoms with van der Waals surface area (Å²) in [7, 11) is 0. The molecule has 1 aromatic carbocycles. The van der Waals surface area contributed by atoms with E-state index in [1.54, 1.807) is 24.3 Å². The molecule has 0 aliphatic carbocycles. The van der Waals surface area contributed by atoms with Crippen molar-refractivity contribution in [1.29, 1.82) is 0 Å². The van der Waals surface area contributed by atoms with Gasteiger partial charge in [0.2, 0.25) is 6.29 Å². The molecule has 1 fully saturated rings. The third kappa shape index (κ3) is 2.91. The lowest BCUT2D eigenvalue weighted by Crippen LogP contribution is -2.50. The van der Waals surface area contributed by atoms with Crippen molar-refractivity contribution in [1.82, 2.24) is 0 Å². The van der Waals surface area contributed by atoms with E-state index in [2.05, 4.69) is 0 Å². The van der Waals surface area contributed by atoms with Gasteiger partial charge in [-0.3, -0.25) is 0 Å². The molecule has 6 heteroatoms. The Balaban J connectivity index is 2.01. The fourth-order valence-electron chi connectivity index (χ4n) is 1.82. The van der Waals surface area contributed by atoms with Crippen LogP contribution in [-0.2, 0) is 4.74 Å². The van der Waals surface area contributed by atoms with Gasteiger partial charge in [0.25, 0.3) is 0 Å². The summed E-state index contributed by atoms with van der Waals surface area (Å²) in [5.74, 6) is 0.501. The smallest absolute Gasteiger partial charge is 0.226 e. The molecule has 100 valence electrons. The molecule has 0 spiro atoms. The SMILES string of the molecule is Nc1ccc(OC2OC(CO)C(O)CC2O)cc1. The Kier molecular flexibility index (Phi) is 4.03. The van der Waals surface area contributed by atoms with Crippen molar-refractivity contribution in [2.75, 3.05) is 12.3 Å². The number of benzene rings is 1. The molecule has 1 aromatic rings. The molecule has 4 unspecified atom stereocenters. The molecule has 0 saturated carbocycles. The Morgan fingerprint density at radius 1 is 1.22 bits per heavy atom. The maximum absolute atomic E-state index is 9.75. The Morgan fingerprint density at radius 3 is 2.50 bits per heavy atom. The van der Waals surface area contributed by atoms with Crippen LogP contribution in [0.4, 0.5) is 5.69 Å². The first-order valence-electron chi connectivity index (χ1n) is 5.75. The van der Waals surface area contributed by atoms with Crippen LogP contribution in [0.3, 0.4) is 0 Å². The number of nitrogen functional groups attached to an aromatic ring is 1. The highest BCUT2D eigenvalue weighted by atomic mass is 16.7. The second-order valence-electron chi connectivity index (χ2n) is 4.28. The molecule has 0 bridgehead atoms. The van der Waals surface area contributed by atoms with Crippen molar-refractivity contribution >= 4 is 5.69 Å². The summed E-state index contributed by atoms with van der Waals surface area (Å²) in [6.45, 7) is -0.324. The van der Waals surface area contributed by atoms with Crippen LogP contribution in [0.1, 0.15) is 6.42 Å². The molecule has 4 atom stereocenters. The van der Waals surface area contributed by atoms with E-state index in [-0.39, 0.29) is 13.0 Å². The van der Waals surface area contributed by atoms with E-state index in [1.807, 2.05) is 0 Å². The van der Waals surface area contributed by atoms with E-state index >= 15 is 0 Å². The number of hydrogen-bond acceptors (Lipinski definition) is 6. The van der Waals surface area contributed by atoms with Crippen LogP contribution in [0, 0.1) is 0 Å². The zero-order valence-electron chi connectivity index (χ0n) is 9.77. The quantitative estimate of drug-likeness (QED) is 0.541. The van der Waals surface area contributed by atoms with Gasteiger partial charge in [0.15, 0.2) is 0 Å². The number of anilines is 1. The van der Waals surface area contributed by atoms with Crippen LogP contribution < -0.4 is 10.5 Å². The predicted molar refractivity (Wildman–Crippen MR) is 63.9 cm³/mol. The summed E-state index contributed by atoms with van der Waals surface area (Å²) >= 11 is 0. The average Bonchev–Trinajstić information content (AvgIpc) is 2.35. The van der Waals surface area contributed by atoms with Crippen molar-refractivity contribution in [2.24, 2.45) is 0 Å². The second kappa shape index (κ2) is 5.53. The summed E-state index contributed by atoms with van der Waals surface area (Å²) in [5, 5.41) is 28.3. The van der Waals surface area contributed by atoms with Crippen molar-refractivity contribution in [3.63, 3.8) is 0 Å². The minimum atomic E-state index is -0.944. The second-order valence-corrected chi connectivity index (χ2v) is 4.28. The molecular weight excluding hydrogens is 238 g/mol. The highest BCUT2D eigenvalue weighted by molar-refractivity contribution is 5.41. The van der Waals surface area contributed by atoms with Crippen LogP contribution in [0.5, 0.6) is 5.75 Å². The van der Waals surface area contributed by atoms with Gasteiger partial charge in [0, 0.05) is 12.1 Å². The molecule has 6 nitrogen and oxygen atoms in total. The number of hydrogen-bond donors (Lipinski definition) is 4. The molecule has 1 aliphatic heterocycles. The zero-order valence-corrected chi connectivity index (χ0v) is 9.77. The first kappa shape index (κ1) is 13.1. The molecular formula is C12H17NO5. The number of aliphatic hydroxyl groups is 3. The molecule has 18 heavy (non-hydrogen) atoms. The Bertz CT molecular complexity index is 383. The van der Waals surface area contributed by atoms with Crippen LogP contribution >= 0.6 is 0 Å². The van der Waals surface area contributed by atoms with Crippen molar-refractivity contribution in [3.05, 3.63) is 24.3 Å². The molecule has 0 amide bonds. The molecule has 2 rings (SSSR count). The van der Waals surface area contributed by atoms with Crippen LogP contribution in [0.2, 0.25) is 0 Å². The lowest BCUT2D eigenvalue weighted by Gasteiger charge is -2.36. The van der Waals surface area contributed by atoms with E-state index < -0.39 is 24.6 Å². The minimum absolute atomic E-state index is 0.102. The van der Waals surface area contributed by atoms with Crippen LogP contribution in [-0.4, -0.2) is 46.5 Å². The summed E-state index contributed by atoms with van der Waals surface area (Å²) in [4.78, 5) is 0. The summed E-state index contributed by atoms with van der Waals surface area (Å²) in [6.07, 6.45) is -3.39. The molecule has 1 aliphatic rings. The van der Waals surface area contributed by atoms with E-state index in [9.17, 15) is 10.2 Å². The standard InChI is InChI=1S/C12H17NO5/c13-7-1-3-8(4-2-7)17-12-10(16)5-9(15)11(6-14)18-12/h1-4,9-12,14-16H,5-6,13H2. The van der Waals surface area contributed by atoms with Gasteiger partial charge in [-0.2, -0.15) is 0 Å². The number of nitrogens with two attached hydrogens (primary N) is 1. The Hall–Kier alpha value is -1.34. The topological polar surface area (TPSA) is 105 Å². The van der Waals surface area contributed by atoms with Gasteiger partial charge < -0.3 is 30.5 Å². The monoisotopic (exact) mass is 255 g/mol. The summed E-state index contributed by atoms with van der Waals surface area (Å²) < 4.78 is 10.7. The average molecular weight is 255 g/mol. The van der Waals surface area contributed by atoms with Gasteiger partial charge in [0.05, 0.1) is 12.7 Å². The van der Waals surface area contributed by atoms with Gasteiger partial charge >= 0.3 is 0 Å². The minimum Gasteiger partial charge on any atom is -0.462 e. The van der Waals surface area contributed by atoms with Gasteiger partial charge in [0.1, 0.15) is 18.0 Å². The van der Waals surface area contributed by atoms with Gasteiger partial charge in [-0.05, 0) is 24.3 Å². The van der Waals surface area contributed by atoms with Crippen molar-refractivity contribution in [2.45, 2.75) is 31.0 Å². The molecule has 5 N–H and O–H groups in total. The molecule has 0 aromatic heterocycles. The van der Waals surface area contributed by atoms with Gasteiger partial charge in [-0.25, -0.2) is 0 Å². The molecule has 1 saturated heterocycles. The maximum Gasteiger partial charge on any atom is 0.226 e. The van der Waals surface area contributed by atoms with Crippen molar-refractivity contribution < 1.29 is 24.8 Å². The summed E-state index contributed by atoms with van der Waals surface area (Å²) in [6, 6.07) is 6.65. The maximum atomic E-state index is 9.75. The highest BCUT2D eigenvalue weighted by Crippen LogP contribution is 2.24. The number of aliphatic hydroxyl groups excluding tert-OH is 3. The van der Waals surface area contributed by atoms with Gasteiger partial charge in [-0.15, -0.1) is 0 Å². The third-order valence-corrected chi connectivity index (χ3v) is 2.85. The lowest BCUT2D eigenvalue weighted by molar-refractivity contribution is -0.240. The number of rotatable bonds is 3. The zero-order chi connectivity index (χ0) is 13.1. The molecule has 0 radical (unpaired) electrons. The number of ether oxygens (including phenoxy) is 2. The van der Waals surface area contributed by atoms with Crippen LogP contribution in [0.25, 0.3) is 0 Å². The van der Waals surface area contributed by atoms with E-state index in [1.165, 1.54) is 0 Å². The van der Waals surface area contributed by atoms with E-state index in [0.717, 1.165) is 0 Å². The largest absolute Gasteiger partial charge is 0.462 e. The van der Waals surface area contributed by atoms with Gasteiger partial charge in [-0.1, -0.05) is 0 Å². The Labute approximate surface area is 105 Å². The highest BCUT2D eigenvalue weighted by Gasteiger charge is 2.37. The van der Waals surface area contributed by atoms with Crippen LogP contribution in [0.15, 0.2) is 24.3 Å². The van der Waals surface area contributed by atoms with E-state index in [4.69, 9.17) is 20.3 Å². The normalized spacial score (nSPS) is 32.2. The summed E-state index contributed by atoms with van der Waals surface area (Å²) in [5.41, 5.74) is 6.15. The third-order valence-electron chi connectivity index (χ3n) is 2.85. The lowest BCUT2D eigenvalue weighted by atomic mass is 10.0.